The Bertz CT molecular complexity index is 674. The van der Waals surface area contributed by atoms with E-state index in [1.54, 1.807) is 11.8 Å². The molecule has 0 fully saturated rings. The number of benzene rings is 2. The summed E-state index contributed by atoms with van der Waals surface area (Å²) in [6, 6.07) is 16.3. The molecule has 0 unspecified atom stereocenters. The van der Waals surface area contributed by atoms with Gasteiger partial charge in [0.05, 0.1) is 4.90 Å². The van der Waals surface area contributed by atoms with E-state index in [1.165, 1.54) is 37.3 Å². The van der Waals surface area contributed by atoms with Gasteiger partial charge in [0.1, 0.15) is 5.75 Å². The quantitative estimate of drug-likeness (QED) is 0.251. The Hall–Kier alpha value is -2.00. The van der Waals surface area contributed by atoms with Gasteiger partial charge in [0, 0.05) is 6.92 Å². The van der Waals surface area contributed by atoms with Gasteiger partial charge >= 0.3 is 5.97 Å². The van der Waals surface area contributed by atoms with Gasteiger partial charge in [0.25, 0.3) is 0 Å². The van der Waals surface area contributed by atoms with Crippen LogP contribution in [0.3, 0.4) is 0 Å². The first-order valence-corrected chi connectivity index (χ1v) is 9.26. The average Bonchev–Trinajstić information content (AvgIpc) is 2.57. The normalized spacial score (nSPS) is 10.9. The van der Waals surface area contributed by atoms with Crippen LogP contribution in [0.5, 0.6) is 5.75 Å². The fourth-order valence-electron chi connectivity index (χ4n) is 2.35. The van der Waals surface area contributed by atoms with E-state index < -0.39 is 0 Å². The summed E-state index contributed by atoms with van der Waals surface area (Å²) < 4.78 is 5.22. The van der Waals surface area contributed by atoms with Crippen molar-refractivity contribution in [2.24, 2.45) is 0 Å². The molecule has 0 aromatic heterocycles. The summed E-state index contributed by atoms with van der Waals surface area (Å²) in [4.78, 5) is 12.1. The zero-order valence-corrected chi connectivity index (χ0v) is 15.1. The summed E-state index contributed by atoms with van der Waals surface area (Å²) in [5.41, 5.74) is 2.57. The molecule has 126 valence electrons. The molecule has 0 aliphatic carbocycles. The molecule has 3 heteroatoms. The number of esters is 1. The zero-order valence-electron chi connectivity index (χ0n) is 14.3. The van der Waals surface area contributed by atoms with Gasteiger partial charge in [-0.3, -0.25) is 4.79 Å². The van der Waals surface area contributed by atoms with E-state index in [0.717, 1.165) is 11.3 Å². The molecular formula is C21H24O2S. The lowest BCUT2D eigenvalue weighted by Gasteiger charge is -2.05. The van der Waals surface area contributed by atoms with Crippen LogP contribution in [0.15, 0.2) is 58.8 Å². The monoisotopic (exact) mass is 340 g/mol. The van der Waals surface area contributed by atoms with Gasteiger partial charge in [0.15, 0.2) is 0 Å². The summed E-state index contributed by atoms with van der Waals surface area (Å²) in [6.07, 6.45) is 7.04. The first kappa shape index (κ1) is 18.3. The highest BCUT2D eigenvalue weighted by Gasteiger charge is 2.04. The van der Waals surface area contributed by atoms with Gasteiger partial charge in [-0.25, -0.2) is 0 Å². The lowest BCUT2D eigenvalue weighted by Crippen LogP contribution is -2.01. The Morgan fingerprint density at radius 3 is 2.54 bits per heavy atom. The molecule has 24 heavy (non-hydrogen) atoms. The Morgan fingerprint density at radius 1 is 1.08 bits per heavy atom. The molecule has 0 amide bonds. The van der Waals surface area contributed by atoms with Crippen LogP contribution < -0.4 is 4.74 Å². The second-order valence-electron chi connectivity index (χ2n) is 5.66. The standard InChI is InChI=1S/C21H24O2S/c1-3-4-5-8-18-11-13-19(14-12-18)15-16-24-21-10-7-6-9-20(21)23-17(2)22/h6-7,9-16H,3-5,8H2,1-2H3/b16-15-. The Balaban J connectivity index is 1.93. The van der Waals surface area contributed by atoms with Crippen LogP contribution in [0.2, 0.25) is 0 Å². The van der Waals surface area contributed by atoms with E-state index in [-0.39, 0.29) is 5.97 Å². The molecule has 0 radical (unpaired) electrons. The highest BCUT2D eigenvalue weighted by atomic mass is 32.2. The number of thioether (sulfide) groups is 1. The molecule has 2 rings (SSSR count). The summed E-state index contributed by atoms with van der Waals surface area (Å²) in [5, 5.41) is 2.02. The van der Waals surface area contributed by atoms with Crippen molar-refractivity contribution < 1.29 is 9.53 Å². The van der Waals surface area contributed by atoms with E-state index in [9.17, 15) is 4.79 Å². The zero-order chi connectivity index (χ0) is 17.2. The molecule has 2 nitrogen and oxygen atoms in total. The molecule has 0 spiro atoms. The van der Waals surface area contributed by atoms with Crippen molar-refractivity contribution >= 4 is 23.8 Å². The molecule has 0 atom stereocenters. The number of ether oxygens (including phenoxy) is 1. The third-order valence-corrected chi connectivity index (χ3v) is 4.47. The number of carbonyl (C=O) groups excluding carboxylic acids is 1. The maximum absolute atomic E-state index is 11.1. The van der Waals surface area contributed by atoms with Crippen LogP contribution in [0, 0.1) is 0 Å². The van der Waals surface area contributed by atoms with Crippen molar-refractivity contribution in [3.63, 3.8) is 0 Å². The fourth-order valence-corrected chi connectivity index (χ4v) is 3.10. The minimum absolute atomic E-state index is 0.300. The predicted molar refractivity (Wildman–Crippen MR) is 102 cm³/mol. The van der Waals surface area contributed by atoms with E-state index in [4.69, 9.17) is 4.74 Å². The average molecular weight is 340 g/mol. The summed E-state index contributed by atoms with van der Waals surface area (Å²) in [7, 11) is 0. The molecular weight excluding hydrogens is 316 g/mol. The SMILES string of the molecule is CCCCCc1ccc(/C=C\Sc2ccccc2OC(C)=O)cc1. The first-order chi connectivity index (χ1) is 11.7. The van der Waals surface area contributed by atoms with Crippen LogP contribution in [-0.4, -0.2) is 5.97 Å². The maximum atomic E-state index is 11.1. The van der Waals surface area contributed by atoms with E-state index >= 15 is 0 Å². The Kier molecular flexibility index (Phi) is 7.63. The molecule has 2 aromatic carbocycles. The smallest absolute Gasteiger partial charge is 0.308 e. The van der Waals surface area contributed by atoms with Crippen LogP contribution >= 0.6 is 11.8 Å². The molecule has 0 saturated heterocycles. The van der Waals surface area contributed by atoms with Crippen molar-refractivity contribution in [1.29, 1.82) is 0 Å². The van der Waals surface area contributed by atoms with E-state index in [1.807, 2.05) is 29.7 Å². The fraction of sp³-hybridized carbons (Fsp3) is 0.286. The third-order valence-electron chi connectivity index (χ3n) is 3.61. The predicted octanol–water partition coefficient (Wildman–Crippen LogP) is 6.11. The number of hydrogen-bond donors (Lipinski definition) is 0. The minimum atomic E-state index is -0.300. The largest absolute Gasteiger partial charge is 0.426 e. The molecule has 2 aromatic rings. The van der Waals surface area contributed by atoms with Crippen molar-refractivity contribution in [3.8, 4) is 5.75 Å². The number of unbranched alkanes of at least 4 members (excludes halogenated alkanes) is 2. The van der Waals surface area contributed by atoms with Gasteiger partial charge in [-0.1, -0.05) is 67.9 Å². The summed E-state index contributed by atoms with van der Waals surface area (Å²) in [5.74, 6) is 0.302. The van der Waals surface area contributed by atoms with Crippen LogP contribution in [0.1, 0.15) is 44.2 Å². The van der Waals surface area contributed by atoms with E-state index in [0.29, 0.717) is 5.75 Å². The highest BCUT2D eigenvalue weighted by Crippen LogP contribution is 2.30. The summed E-state index contributed by atoms with van der Waals surface area (Å²) in [6.45, 7) is 3.64. The van der Waals surface area contributed by atoms with Gasteiger partial charge < -0.3 is 4.74 Å². The van der Waals surface area contributed by atoms with Gasteiger partial charge in [-0.15, -0.1) is 0 Å². The number of para-hydroxylation sites is 1. The Labute approximate surface area is 148 Å². The lowest BCUT2D eigenvalue weighted by atomic mass is 10.1. The number of rotatable bonds is 8. The van der Waals surface area contributed by atoms with Crippen molar-refractivity contribution in [1.82, 2.24) is 0 Å². The Morgan fingerprint density at radius 2 is 1.83 bits per heavy atom. The van der Waals surface area contributed by atoms with Gasteiger partial charge in [-0.2, -0.15) is 0 Å². The summed E-state index contributed by atoms with van der Waals surface area (Å²) >= 11 is 1.55. The van der Waals surface area contributed by atoms with Crippen LogP contribution in [0.4, 0.5) is 0 Å². The molecule has 0 aliphatic heterocycles. The van der Waals surface area contributed by atoms with E-state index in [2.05, 4.69) is 37.3 Å². The van der Waals surface area contributed by atoms with Crippen molar-refractivity contribution in [3.05, 3.63) is 65.1 Å². The number of aryl methyl sites for hydroxylation is 1. The van der Waals surface area contributed by atoms with Crippen LogP contribution in [0.25, 0.3) is 6.08 Å². The van der Waals surface area contributed by atoms with Crippen LogP contribution in [-0.2, 0) is 11.2 Å². The molecule has 0 N–H and O–H groups in total. The van der Waals surface area contributed by atoms with Gasteiger partial charge in [-0.05, 0) is 47.6 Å². The second kappa shape index (κ2) is 9.99. The highest BCUT2D eigenvalue weighted by molar-refractivity contribution is 8.02. The molecule has 0 bridgehead atoms. The molecule has 0 aliphatic rings. The minimum Gasteiger partial charge on any atom is -0.426 e. The number of hydrogen-bond acceptors (Lipinski definition) is 3. The van der Waals surface area contributed by atoms with Crippen molar-refractivity contribution in [2.75, 3.05) is 0 Å². The third kappa shape index (κ3) is 6.25. The second-order valence-corrected chi connectivity index (χ2v) is 6.61. The lowest BCUT2D eigenvalue weighted by molar-refractivity contribution is -0.132. The molecule has 0 saturated carbocycles. The topological polar surface area (TPSA) is 26.3 Å². The number of carbonyl (C=O) groups is 1. The molecule has 0 heterocycles. The maximum Gasteiger partial charge on any atom is 0.308 e. The first-order valence-electron chi connectivity index (χ1n) is 8.38. The van der Waals surface area contributed by atoms with Gasteiger partial charge in [0.2, 0.25) is 0 Å². The van der Waals surface area contributed by atoms with Crippen molar-refractivity contribution in [2.45, 2.75) is 44.4 Å².